The van der Waals surface area contributed by atoms with Gasteiger partial charge in [-0.15, -0.1) is 0 Å². The maximum absolute atomic E-state index is 12.2. The molecule has 0 aliphatic carbocycles. The third kappa shape index (κ3) is 4.23. The lowest BCUT2D eigenvalue weighted by atomic mass is 10.1. The van der Waals surface area contributed by atoms with Gasteiger partial charge in [-0.1, -0.05) is 36.0 Å². The minimum absolute atomic E-state index is 0.0585. The van der Waals surface area contributed by atoms with Crippen LogP contribution in [0.1, 0.15) is 18.6 Å². The van der Waals surface area contributed by atoms with Gasteiger partial charge in [0, 0.05) is 21.3 Å². The number of aliphatic hydroxyl groups is 1. The van der Waals surface area contributed by atoms with Crippen LogP contribution >= 0.6 is 36.0 Å². The third-order valence-electron chi connectivity index (χ3n) is 3.05. The van der Waals surface area contributed by atoms with Gasteiger partial charge in [0.15, 0.2) is 0 Å². The molecule has 2 aromatic carbocycles. The number of carbonyl (C=O) groups is 1. The van der Waals surface area contributed by atoms with Crippen molar-refractivity contribution in [3.05, 3.63) is 52.0 Å². The van der Waals surface area contributed by atoms with Crippen molar-refractivity contribution in [1.29, 1.82) is 0 Å². The van der Waals surface area contributed by atoms with Gasteiger partial charge in [-0.25, -0.2) is 9.10 Å². The predicted octanol–water partition coefficient (Wildman–Crippen LogP) is 4.64. The van der Waals surface area contributed by atoms with Crippen LogP contribution in [-0.2, 0) is 0 Å². The van der Waals surface area contributed by atoms with Crippen LogP contribution in [-0.4, -0.2) is 16.2 Å². The fourth-order valence-electron chi connectivity index (χ4n) is 1.90. The van der Waals surface area contributed by atoms with Crippen LogP contribution in [0.2, 0.25) is 10.0 Å². The molecule has 1 atom stereocenters. The lowest BCUT2D eigenvalue weighted by Gasteiger charge is -2.20. The van der Waals surface area contributed by atoms with E-state index in [-0.39, 0.29) is 22.0 Å². The molecule has 3 N–H and O–H groups in total. The van der Waals surface area contributed by atoms with Crippen molar-refractivity contribution in [2.24, 2.45) is 0 Å². The predicted molar refractivity (Wildman–Crippen MR) is 95.7 cm³/mol. The van der Waals surface area contributed by atoms with Crippen molar-refractivity contribution in [3.63, 3.8) is 0 Å². The number of hydrogen-bond donors (Lipinski definition) is 4. The van der Waals surface area contributed by atoms with Gasteiger partial charge >= 0.3 is 6.03 Å². The monoisotopic (exact) mass is 372 g/mol. The largest absolute Gasteiger partial charge is 0.505 e. The zero-order valence-electron chi connectivity index (χ0n) is 12.0. The van der Waals surface area contributed by atoms with Gasteiger partial charge in [-0.3, -0.25) is 0 Å². The molecular weight excluding hydrogens is 359 g/mol. The molecule has 1 unspecified atom stereocenters. The number of hydrogen-bond acceptors (Lipinski definition) is 4. The fraction of sp³-hybridized carbons (Fsp3) is 0.133. The zero-order valence-corrected chi connectivity index (χ0v) is 14.4. The van der Waals surface area contributed by atoms with Gasteiger partial charge in [0.05, 0.1) is 6.10 Å². The molecule has 8 heteroatoms. The molecule has 0 bridgehead atoms. The Kier molecular flexibility index (Phi) is 5.64. The van der Waals surface area contributed by atoms with E-state index in [9.17, 15) is 15.0 Å². The number of nitrogens with zero attached hydrogens (tertiary/aromatic N) is 1. The molecule has 0 aliphatic rings. The number of nitrogens with one attached hydrogen (secondary N) is 1. The Labute approximate surface area is 149 Å². The minimum Gasteiger partial charge on any atom is -0.505 e. The first-order valence-corrected chi connectivity index (χ1v) is 7.71. The average molecular weight is 373 g/mol. The standard InChI is InChI=1S/C15H14Cl2N2O3S/c1-8(20)12-6-10(17)7-13(14(12)21)19(23)15(22)18-11-4-2-9(16)3-5-11/h2-8,20-21,23H,1H3,(H,18,22). The van der Waals surface area contributed by atoms with E-state index in [1.807, 2.05) is 0 Å². The Morgan fingerprint density at radius 1 is 1.22 bits per heavy atom. The number of rotatable bonds is 3. The second-order valence-electron chi connectivity index (χ2n) is 4.79. The summed E-state index contributed by atoms with van der Waals surface area (Å²) in [5.41, 5.74) is 0.768. The SMILES string of the molecule is CC(O)c1cc(Cl)cc(N(S)C(=O)Nc2ccc(Cl)cc2)c1O. The van der Waals surface area contributed by atoms with E-state index < -0.39 is 12.1 Å². The quantitative estimate of drug-likeness (QED) is 0.593. The Morgan fingerprint density at radius 3 is 2.39 bits per heavy atom. The minimum atomic E-state index is -0.950. The molecule has 0 aromatic heterocycles. The van der Waals surface area contributed by atoms with Crippen molar-refractivity contribution in [2.75, 3.05) is 9.62 Å². The van der Waals surface area contributed by atoms with Crippen molar-refractivity contribution in [3.8, 4) is 5.75 Å². The van der Waals surface area contributed by atoms with Gasteiger partial charge in [-0.2, -0.15) is 0 Å². The van der Waals surface area contributed by atoms with Crippen LogP contribution in [0.15, 0.2) is 36.4 Å². The number of carbonyl (C=O) groups excluding carboxylic acids is 1. The summed E-state index contributed by atoms with van der Waals surface area (Å²) in [6.07, 6.45) is -0.950. The van der Waals surface area contributed by atoms with Gasteiger partial charge in [0.1, 0.15) is 11.4 Å². The van der Waals surface area contributed by atoms with E-state index >= 15 is 0 Å². The molecule has 0 fully saturated rings. The Balaban J connectivity index is 2.27. The van der Waals surface area contributed by atoms with E-state index in [0.717, 1.165) is 4.31 Å². The Bertz CT molecular complexity index is 723. The summed E-state index contributed by atoms with van der Waals surface area (Å²) in [4.78, 5) is 12.2. The molecule has 2 rings (SSSR count). The lowest BCUT2D eigenvalue weighted by molar-refractivity contribution is 0.195. The normalized spacial score (nSPS) is 11.9. The number of halogens is 2. The summed E-state index contributed by atoms with van der Waals surface area (Å²) in [5, 5.41) is 23.3. The highest BCUT2D eigenvalue weighted by molar-refractivity contribution is 7.82. The number of thiol groups is 1. The number of aliphatic hydroxyl groups excluding tert-OH is 1. The molecule has 0 heterocycles. The van der Waals surface area contributed by atoms with E-state index in [1.165, 1.54) is 19.1 Å². The Morgan fingerprint density at radius 2 is 1.83 bits per heavy atom. The fourth-order valence-corrected chi connectivity index (χ4v) is 2.45. The highest BCUT2D eigenvalue weighted by atomic mass is 35.5. The van der Waals surface area contributed by atoms with Crippen LogP contribution in [0.4, 0.5) is 16.2 Å². The molecule has 0 saturated heterocycles. The van der Waals surface area contributed by atoms with Gasteiger partial charge < -0.3 is 15.5 Å². The van der Waals surface area contributed by atoms with E-state index in [4.69, 9.17) is 23.2 Å². The number of amides is 2. The first-order chi connectivity index (χ1) is 10.8. The number of aromatic hydroxyl groups is 1. The van der Waals surface area contributed by atoms with Crippen LogP contribution in [0.5, 0.6) is 5.75 Å². The summed E-state index contributed by atoms with van der Waals surface area (Å²) in [6, 6.07) is 8.69. The number of benzene rings is 2. The highest BCUT2D eigenvalue weighted by Crippen LogP contribution is 2.38. The van der Waals surface area contributed by atoms with Gasteiger partial charge in [-0.05, 0) is 43.3 Å². The maximum Gasteiger partial charge on any atom is 0.336 e. The molecule has 2 aromatic rings. The third-order valence-corrected chi connectivity index (χ3v) is 3.92. The average Bonchev–Trinajstić information content (AvgIpc) is 2.50. The van der Waals surface area contributed by atoms with E-state index in [2.05, 4.69) is 18.1 Å². The molecule has 0 saturated carbocycles. The molecule has 0 spiro atoms. The Hall–Kier alpha value is -1.60. The number of urea groups is 1. The molecule has 0 aliphatic heterocycles. The lowest BCUT2D eigenvalue weighted by Crippen LogP contribution is -2.27. The van der Waals surface area contributed by atoms with E-state index in [1.54, 1.807) is 24.3 Å². The smallest absolute Gasteiger partial charge is 0.336 e. The first-order valence-electron chi connectivity index (χ1n) is 6.55. The van der Waals surface area contributed by atoms with Gasteiger partial charge in [0.2, 0.25) is 0 Å². The first kappa shape index (κ1) is 17.7. The second-order valence-corrected chi connectivity index (χ2v) is 6.06. The number of phenols is 1. The summed E-state index contributed by atoms with van der Waals surface area (Å²) >= 11 is 15.8. The molecule has 122 valence electrons. The van der Waals surface area contributed by atoms with Crippen molar-refractivity contribution in [1.82, 2.24) is 0 Å². The second kappa shape index (κ2) is 7.31. The molecule has 2 amide bonds. The number of anilines is 2. The molecule has 0 radical (unpaired) electrons. The summed E-state index contributed by atoms with van der Waals surface area (Å²) in [5.74, 6) is -0.273. The molecular formula is C15H14Cl2N2O3S. The van der Waals surface area contributed by atoms with Crippen molar-refractivity contribution >= 4 is 53.4 Å². The zero-order chi connectivity index (χ0) is 17.1. The maximum atomic E-state index is 12.2. The summed E-state index contributed by atoms with van der Waals surface area (Å²) in [6.45, 7) is 1.48. The molecule has 23 heavy (non-hydrogen) atoms. The van der Waals surface area contributed by atoms with Crippen molar-refractivity contribution < 1.29 is 15.0 Å². The van der Waals surface area contributed by atoms with Crippen LogP contribution in [0.3, 0.4) is 0 Å². The summed E-state index contributed by atoms with van der Waals surface area (Å²) in [7, 11) is 0. The molecule has 5 nitrogen and oxygen atoms in total. The van der Waals surface area contributed by atoms with Gasteiger partial charge in [0.25, 0.3) is 0 Å². The van der Waals surface area contributed by atoms with Crippen LogP contribution < -0.4 is 9.62 Å². The van der Waals surface area contributed by atoms with Crippen LogP contribution in [0.25, 0.3) is 0 Å². The summed E-state index contributed by atoms with van der Waals surface area (Å²) < 4.78 is 0.904. The van der Waals surface area contributed by atoms with Crippen molar-refractivity contribution in [2.45, 2.75) is 13.0 Å². The number of phenolic OH excluding ortho intramolecular Hbond substituents is 1. The van der Waals surface area contributed by atoms with Crippen LogP contribution in [0, 0.1) is 0 Å². The highest BCUT2D eigenvalue weighted by Gasteiger charge is 2.21. The van der Waals surface area contributed by atoms with E-state index in [0.29, 0.717) is 10.7 Å². The topological polar surface area (TPSA) is 72.8 Å².